The summed E-state index contributed by atoms with van der Waals surface area (Å²) in [5, 5.41) is 31.4. The summed E-state index contributed by atoms with van der Waals surface area (Å²) in [5.41, 5.74) is 2.09. The fourth-order valence-electron chi connectivity index (χ4n) is 3.72. The number of amides is 2. The van der Waals surface area contributed by atoms with Crippen LogP contribution in [-0.2, 0) is 4.74 Å². The zero-order chi connectivity index (χ0) is 25.1. The molecule has 1 heterocycles. The molecule has 0 bridgehead atoms. The Labute approximate surface area is 198 Å². The maximum atomic E-state index is 12.5. The number of ether oxygens (including phenoxy) is 1. The fraction of sp³-hybridized carbons (Fsp3) is 0.125. The van der Waals surface area contributed by atoms with Gasteiger partial charge in [-0.25, -0.2) is 9.78 Å². The van der Waals surface area contributed by atoms with Crippen molar-refractivity contribution in [2.24, 2.45) is 0 Å². The second-order valence-electron chi connectivity index (χ2n) is 7.52. The maximum absolute atomic E-state index is 12.5. The van der Waals surface area contributed by atoms with Gasteiger partial charge in [-0.2, -0.15) is 0 Å². The first-order valence-corrected chi connectivity index (χ1v) is 10.4. The Morgan fingerprint density at radius 2 is 1.86 bits per heavy atom. The summed E-state index contributed by atoms with van der Waals surface area (Å²) in [6, 6.07) is 15.6. The van der Waals surface area contributed by atoms with E-state index in [-0.39, 0.29) is 11.6 Å². The minimum absolute atomic E-state index is 0.150. The number of nitrogens with zero attached hydrogens (tertiary/aromatic N) is 2. The van der Waals surface area contributed by atoms with Crippen molar-refractivity contribution in [3.05, 3.63) is 81.9 Å². The van der Waals surface area contributed by atoms with Crippen LogP contribution in [0.15, 0.2) is 60.7 Å². The van der Waals surface area contributed by atoms with Gasteiger partial charge >= 0.3 is 6.09 Å². The zero-order valence-corrected chi connectivity index (χ0v) is 18.7. The number of aliphatic hydroxyl groups is 1. The van der Waals surface area contributed by atoms with Crippen LogP contribution in [0.3, 0.4) is 0 Å². The lowest BCUT2D eigenvalue weighted by atomic mass is 10.0. The van der Waals surface area contributed by atoms with E-state index in [1.54, 1.807) is 42.5 Å². The van der Waals surface area contributed by atoms with Crippen molar-refractivity contribution in [1.29, 1.82) is 0 Å². The molecular formula is C24H21N5O6. The van der Waals surface area contributed by atoms with E-state index in [2.05, 4.69) is 25.7 Å². The van der Waals surface area contributed by atoms with Crippen LogP contribution in [0, 0.1) is 10.1 Å². The molecule has 1 unspecified atom stereocenters. The van der Waals surface area contributed by atoms with E-state index in [1.165, 1.54) is 32.4 Å². The second kappa shape index (κ2) is 9.61. The van der Waals surface area contributed by atoms with Crippen LogP contribution in [0.2, 0.25) is 0 Å². The minimum Gasteiger partial charge on any atom is -0.453 e. The van der Waals surface area contributed by atoms with Gasteiger partial charge in [-0.05, 0) is 24.3 Å². The molecule has 0 saturated carbocycles. The van der Waals surface area contributed by atoms with E-state index in [9.17, 15) is 24.8 Å². The first-order chi connectivity index (χ1) is 16.8. The quantitative estimate of drug-likeness (QED) is 0.141. The van der Waals surface area contributed by atoms with Crippen LogP contribution in [0.5, 0.6) is 0 Å². The monoisotopic (exact) mass is 475 g/mol. The van der Waals surface area contributed by atoms with Gasteiger partial charge in [0.15, 0.2) is 6.23 Å². The van der Waals surface area contributed by atoms with Gasteiger partial charge in [0.2, 0.25) is 0 Å². The average molecular weight is 475 g/mol. The van der Waals surface area contributed by atoms with Crippen LogP contribution in [0.25, 0.3) is 21.8 Å². The zero-order valence-electron chi connectivity index (χ0n) is 18.7. The van der Waals surface area contributed by atoms with Gasteiger partial charge < -0.3 is 20.5 Å². The number of hydrogen-bond acceptors (Lipinski definition) is 8. The van der Waals surface area contributed by atoms with E-state index in [4.69, 9.17) is 0 Å². The molecule has 1 atom stereocenters. The second-order valence-corrected chi connectivity index (χ2v) is 7.52. The molecule has 0 fully saturated rings. The van der Waals surface area contributed by atoms with Crippen molar-refractivity contribution in [3.63, 3.8) is 0 Å². The van der Waals surface area contributed by atoms with Crippen molar-refractivity contribution in [2.45, 2.75) is 6.23 Å². The number of aliphatic hydroxyl groups excluding tert-OH is 1. The highest BCUT2D eigenvalue weighted by Gasteiger charge is 2.20. The standard InChI is InChI=1S/C24H21N5O6/c1-25-23(31)17-8-4-7-16-20(17)27-19-10-9-15(29(33)34)12-18(19)21(16)28-22(30)13-5-3-6-14(11-13)26-24(32)35-2/h3-12,22,30H,1-2H3,(H,25,31)(H,26,32)(H,27,28). The lowest BCUT2D eigenvalue weighted by molar-refractivity contribution is -0.384. The SMILES string of the molecule is CNC(=O)c1cccc2c(NC(O)c3cccc(NC(=O)OC)c3)c3cc([N+](=O)[O-])ccc3nc12. The normalized spacial score (nSPS) is 11.6. The van der Waals surface area contributed by atoms with Gasteiger partial charge in [-0.1, -0.05) is 24.3 Å². The molecular weight excluding hydrogens is 454 g/mol. The third kappa shape index (κ3) is 4.66. The number of benzene rings is 3. The molecule has 35 heavy (non-hydrogen) atoms. The Bertz CT molecular complexity index is 1470. The van der Waals surface area contributed by atoms with Crippen molar-refractivity contribution in [3.8, 4) is 0 Å². The Morgan fingerprint density at radius 1 is 1.09 bits per heavy atom. The average Bonchev–Trinajstić information content (AvgIpc) is 2.87. The topological polar surface area (TPSA) is 156 Å². The Balaban J connectivity index is 1.87. The third-order valence-electron chi connectivity index (χ3n) is 5.38. The Morgan fingerprint density at radius 3 is 2.57 bits per heavy atom. The molecule has 1 aromatic heterocycles. The number of nitro groups is 1. The highest BCUT2D eigenvalue weighted by atomic mass is 16.6. The highest BCUT2D eigenvalue weighted by Crippen LogP contribution is 2.36. The number of aromatic nitrogens is 1. The van der Waals surface area contributed by atoms with Crippen LogP contribution < -0.4 is 16.0 Å². The van der Waals surface area contributed by atoms with Crippen molar-refractivity contribution < 1.29 is 24.4 Å². The molecule has 0 spiro atoms. The van der Waals surface area contributed by atoms with E-state index in [0.717, 1.165) is 0 Å². The number of para-hydroxylation sites is 1. The molecule has 0 aliphatic rings. The summed E-state index contributed by atoms with van der Waals surface area (Å²) in [5.74, 6) is -0.350. The number of carbonyl (C=O) groups is 2. The first-order valence-electron chi connectivity index (χ1n) is 10.4. The van der Waals surface area contributed by atoms with Gasteiger partial charge in [-0.15, -0.1) is 0 Å². The molecule has 0 radical (unpaired) electrons. The summed E-state index contributed by atoms with van der Waals surface area (Å²) in [4.78, 5) is 39.5. The third-order valence-corrected chi connectivity index (χ3v) is 5.38. The summed E-state index contributed by atoms with van der Waals surface area (Å²) in [6.07, 6.45) is -1.93. The Hall–Kier alpha value is -4.77. The van der Waals surface area contributed by atoms with Gasteiger partial charge in [0.05, 0.1) is 34.3 Å². The molecule has 0 saturated heterocycles. The summed E-state index contributed by atoms with van der Waals surface area (Å²) >= 11 is 0. The van der Waals surface area contributed by atoms with E-state index >= 15 is 0 Å². The highest BCUT2D eigenvalue weighted by molar-refractivity contribution is 6.14. The molecule has 11 heteroatoms. The number of methoxy groups -OCH3 is 1. The van der Waals surface area contributed by atoms with Crippen molar-refractivity contribution in [1.82, 2.24) is 10.3 Å². The van der Waals surface area contributed by atoms with E-state index in [1.807, 2.05) is 0 Å². The summed E-state index contributed by atoms with van der Waals surface area (Å²) in [7, 11) is 2.74. The number of rotatable bonds is 6. The number of nitro benzene ring substituents is 1. The van der Waals surface area contributed by atoms with Crippen LogP contribution >= 0.6 is 0 Å². The number of hydrogen-bond donors (Lipinski definition) is 4. The fourth-order valence-corrected chi connectivity index (χ4v) is 3.72. The molecule has 0 aliphatic carbocycles. The molecule has 11 nitrogen and oxygen atoms in total. The molecule has 4 N–H and O–H groups in total. The number of anilines is 2. The minimum atomic E-state index is -1.27. The molecule has 2 amide bonds. The molecule has 4 rings (SSSR count). The van der Waals surface area contributed by atoms with Crippen molar-refractivity contribution >= 4 is 50.9 Å². The molecule has 178 valence electrons. The molecule has 4 aromatic rings. The van der Waals surface area contributed by atoms with Crippen LogP contribution in [-0.4, -0.2) is 41.2 Å². The smallest absolute Gasteiger partial charge is 0.411 e. The predicted octanol–water partition coefficient (Wildman–Crippen LogP) is 3.94. The van der Waals surface area contributed by atoms with E-state index in [0.29, 0.717) is 44.3 Å². The lowest BCUT2D eigenvalue weighted by Gasteiger charge is -2.19. The largest absolute Gasteiger partial charge is 0.453 e. The predicted molar refractivity (Wildman–Crippen MR) is 130 cm³/mol. The summed E-state index contributed by atoms with van der Waals surface area (Å²) in [6.45, 7) is 0. The van der Waals surface area contributed by atoms with Crippen LogP contribution in [0.1, 0.15) is 22.1 Å². The van der Waals surface area contributed by atoms with Gasteiger partial charge in [0, 0.05) is 41.2 Å². The van der Waals surface area contributed by atoms with Gasteiger partial charge in [0.25, 0.3) is 11.6 Å². The number of non-ortho nitro benzene ring substituents is 1. The molecule has 0 aliphatic heterocycles. The molecule has 3 aromatic carbocycles. The van der Waals surface area contributed by atoms with E-state index < -0.39 is 17.2 Å². The first kappa shape index (κ1) is 23.4. The number of pyridine rings is 1. The van der Waals surface area contributed by atoms with Gasteiger partial charge in [-0.3, -0.25) is 20.2 Å². The Kier molecular flexibility index (Phi) is 6.42. The van der Waals surface area contributed by atoms with Gasteiger partial charge in [0.1, 0.15) is 0 Å². The van der Waals surface area contributed by atoms with Crippen LogP contribution in [0.4, 0.5) is 21.9 Å². The maximum Gasteiger partial charge on any atom is 0.411 e. The number of nitrogens with one attached hydrogen (secondary N) is 3. The number of carbonyl (C=O) groups excluding carboxylic acids is 2. The lowest BCUT2D eigenvalue weighted by Crippen LogP contribution is -2.18. The summed E-state index contributed by atoms with van der Waals surface area (Å²) < 4.78 is 4.59. The van der Waals surface area contributed by atoms with Crippen molar-refractivity contribution in [2.75, 3.05) is 24.8 Å². The number of fused-ring (bicyclic) bond motifs is 2.